The van der Waals surface area contributed by atoms with Crippen molar-refractivity contribution >= 4 is 35.1 Å². The number of cyclic esters (lactones) is 1. The molecule has 5 heterocycles. The van der Waals surface area contributed by atoms with Crippen molar-refractivity contribution in [3.8, 4) is 11.1 Å². The Bertz CT molecular complexity index is 2050. The Hall–Kier alpha value is -4.45. The Kier molecular flexibility index (Phi) is 15.1. The van der Waals surface area contributed by atoms with Crippen molar-refractivity contribution in [2.24, 2.45) is 33.8 Å². The van der Waals surface area contributed by atoms with Crippen LogP contribution < -0.4 is 5.32 Å². The van der Waals surface area contributed by atoms with Crippen molar-refractivity contribution in [3.05, 3.63) is 54.6 Å². The number of aliphatic imine (C=N–C) groups is 1. The Labute approximate surface area is 383 Å². The van der Waals surface area contributed by atoms with Gasteiger partial charge in [0.05, 0.1) is 55.6 Å². The van der Waals surface area contributed by atoms with E-state index in [0.717, 1.165) is 16.8 Å². The van der Waals surface area contributed by atoms with Crippen LogP contribution >= 0.6 is 0 Å². The second-order valence-corrected chi connectivity index (χ2v) is 19.3. The Balaban J connectivity index is 1.22. The molecule has 2 N–H and O–H groups in total. The molecule has 0 radical (unpaired) electrons. The Morgan fingerprint density at radius 3 is 2.40 bits per heavy atom. The molecule has 2 aromatic rings. The maximum Gasteiger partial charge on any atom is 0.410 e. The SMILES string of the molecule is CC[C@H]1OC(=O)[C@H](C)[C@H]2OC/C(=N\OCC(=O)Nc3ccc(-c4ccccc4)cc3)CO[C@](C)(C[C@@H](C)C3=NCCN4C(=O)O[C@@]1(C)[C@H]4[C@H]3C)[C@H](O[C@H]1O[C@@H](C)C[C@@H](N(C)C)[C@@H]1O)[C@H]2C. The van der Waals surface area contributed by atoms with Crippen molar-refractivity contribution in [3.63, 3.8) is 0 Å². The van der Waals surface area contributed by atoms with Crippen LogP contribution in [0.4, 0.5) is 10.5 Å². The summed E-state index contributed by atoms with van der Waals surface area (Å²) < 4.78 is 39.8. The molecule has 0 aromatic heterocycles. The van der Waals surface area contributed by atoms with Crippen molar-refractivity contribution in [1.29, 1.82) is 0 Å². The summed E-state index contributed by atoms with van der Waals surface area (Å²) in [5, 5.41) is 19.1. The number of carbonyl (C=O) groups excluding carboxylic acids is 3. The van der Waals surface area contributed by atoms with Gasteiger partial charge in [-0.25, -0.2) is 4.79 Å². The predicted molar refractivity (Wildman–Crippen MR) is 244 cm³/mol. The third-order valence-corrected chi connectivity index (χ3v) is 14.2. The molecule has 5 aliphatic heterocycles. The van der Waals surface area contributed by atoms with Crippen LogP contribution in [0.3, 0.4) is 0 Å². The van der Waals surface area contributed by atoms with E-state index in [4.69, 9.17) is 38.3 Å². The molecule has 65 heavy (non-hydrogen) atoms. The molecule has 7 rings (SSSR count). The van der Waals surface area contributed by atoms with Crippen LogP contribution in [0, 0.1) is 23.7 Å². The quantitative estimate of drug-likeness (QED) is 0.224. The number of ether oxygens (including phenoxy) is 6. The molecule has 0 aliphatic carbocycles. The molecule has 4 saturated heterocycles. The summed E-state index contributed by atoms with van der Waals surface area (Å²) >= 11 is 0. The summed E-state index contributed by atoms with van der Waals surface area (Å²) in [4.78, 5) is 55.8. The fourth-order valence-electron chi connectivity index (χ4n) is 11.0. The van der Waals surface area contributed by atoms with Crippen LogP contribution in [0.2, 0.25) is 0 Å². The summed E-state index contributed by atoms with van der Waals surface area (Å²) in [5.41, 5.74) is 1.60. The van der Waals surface area contributed by atoms with Gasteiger partial charge in [-0.15, -0.1) is 0 Å². The predicted octanol–water partition coefficient (Wildman–Crippen LogP) is 5.95. The van der Waals surface area contributed by atoms with E-state index < -0.39 is 77.8 Å². The lowest BCUT2D eigenvalue weighted by atomic mass is 9.72. The first kappa shape index (κ1) is 48.5. The number of nitrogens with zero attached hydrogens (tertiary/aromatic N) is 4. The number of aliphatic hydroxyl groups excluding tert-OH is 1. The zero-order valence-electron chi connectivity index (χ0n) is 39.6. The van der Waals surface area contributed by atoms with Gasteiger partial charge in [-0.3, -0.25) is 19.5 Å². The van der Waals surface area contributed by atoms with Crippen molar-refractivity contribution in [1.82, 2.24) is 9.80 Å². The fraction of sp³-hybridized carbons (Fsp3) is 0.653. The van der Waals surface area contributed by atoms with Gasteiger partial charge in [-0.05, 0) is 90.2 Å². The number of esters is 1. The third-order valence-electron chi connectivity index (χ3n) is 14.2. The van der Waals surface area contributed by atoms with Gasteiger partial charge >= 0.3 is 12.1 Å². The smallest absolute Gasteiger partial charge is 0.410 e. The second-order valence-electron chi connectivity index (χ2n) is 19.3. The van der Waals surface area contributed by atoms with Crippen LogP contribution in [0.5, 0.6) is 0 Å². The van der Waals surface area contributed by atoms with Gasteiger partial charge in [0.15, 0.2) is 18.5 Å². The normalized spacial score (nSPS) is 37.5. The number of likely N-dealkylation sites (N-methyl/N-ethyl adjacent to an activating group) is 1. The summed E-state index contributed by atoms with van der Waals surface area (Å²) in [6, 6.07) is 16.8. The molecule has 2 amide bonds. The number of aliphatic hydroxyl groups is 1. The number of anilines is 1. The van der Waals surface area contributed by atoms with E-state index in [-0.39, 0.29) is 43.8 Å². The molecule has 356 valence electrons. The summed E-state index contributed by atoms with van der Waals surface area (Å²) in [7, 11) is 3.84. The van der Waals surface area contributed by atoms with Crippen molar-refractivity contribution < 1.29 is 52.7 Å². The van der Waals surface area contributed by atoms with Gasteiger partial charge < -0.3 is 48.6 Å². The largest absolute Gasteiger partial charge is 0.458 e. The van der Waals surface area contributed by atoms with Crippen molar-refractivity contribution in [2.75, 3.05) is 52.3 Å². The topological polar surface area (TPSA) is 179 Å². The number of carbonyl (C=O) groups is 3. The van der Waals surface area contributed by atoms with Gasteiger partial charge in [-0.1, -0.05) is 75.3 Å². The highest BCUT2D eigenvalue weighted by Gasteiger charge is 2.60. The maximum atomic E-state index is 14.6. The maximum absolute atomic E-state index is 14.6. The molecule has 14 atom stereocenters. The van der Waals surface area contributed by atoms with Crippen LogP contribution in [-0.2, 0) is 42.8 Å². The molecule has 4 bridgehead atoms. The lowest BCUT2D eigenvalue weighted by Crippen LogP contribution is -2.60. The molecule has 0 unspecified atom stereocenters. The summed E-state index contributed by atoms with van der Waals surface area (Å²) in [6.45, 7) is 15.7. The number of benzene rings is 2. The number of hydrogen-bond donors (Lipinski definition) is 2. The number of oxime groups is 1. The highest BCUT2D eigenvalue weighted by Crippen LogP contribution is 2.45. The minimum absolute atomic E-state index is 0.0779. The van der Waals surface area contributed by atoms with Crippen LogP contribution in [0.1, 0.15) is 74.7 Å². The standard InChI is InChI=1S/C49H69N5O11/c1-11-38-49(8)43-30(4)40(50-21-22-54(43)47(58)65-49)28(2)24-48(7)44(64-46-41(56)37(53(9)10)23-29(3)62-46)31(5)42(32(6)45(57)63-38)59-25-36(26-60-48)52-61-27-39(55)51-35-19-17-34(18-20-35)33-15-13-12-14-16-33/h12-20,28-32,37-38,41-44,46,56H,11,21-27H2,1-10H3,(H,51,55)/b52-36+/t28-,29+,30+,31+,32-,37-,38-,41+,42+,43-,44-,46-,48-,49-/m1/s1. The van der Waals surface area contributed by atoms with E-state index in [9.17, 15) is 19.5 Å². The molecule has 16 nitrogen and oxygen atoms in total. The third kappa shape index (κ3) is 10.3. The minimum Gasteiger partial charge on any atom is -0.458 e. The number of rotatable bonds is 9. The van der Waals surface area contributed by atoms with E-state index in [1.54, 1.807) is 11.8 Å². The second kappa shape index (κ2) is 20.2. The van der Waals surface area contributed by atoms with E-state index in [1.807, 2.05) is 108 Å². The van der Waals surface area contributed by atoms with Gasteiger partial charge in [0, 0.05) is 35.8 Å². The first-order chi connectivity index (χ1) is 30.9. The molecular weight excluding hydrogens is 835 g/mol. The minimum atomic E-state index is -1.17. The first-order valence-electron chi connectivity index (χ1n) is 23.2. The number of fused-ring (bicyclic) bond motifs is 4. The van der Waals surface area contributed by atoms with Gasteiger partial charge in [0.25, 0.3) is 5.91 Å². The van der Waals surface area contributed by atoms with E-state index >= 15 is 0 Å². The monoisotopic (exact) mass is 903 g/mol. The molecule has 0 spiro atoms. The molecule has 16 heteroatoms. The van der Waals surface area contributed by atoms with Crippen LogP contribution in [-0.4, -0.2) is 151 Å². The van der Waals surface area contributed by atoms with Gasteiger partial charge in [-0.2, -0.15) is 0 Å². The molecule has 4 fully saturated rings. The summed E-state index contributed by atoms with van der Waals surface area (Å²) in [5.74, 6) is -2.89. The Morgan fingerprint density at radius 2 is 1.71 bits per heavy atom. The zero-order valence-corrected chi connectivity index (χ0v) is 39.6. The van der Waals surface area contributed by atoms with E-state index in [2.05, 4.69) is 24.3 Å². The average molecular weight is 904 g/mol. The Morgan fingerprint density at radius 1 is 1.00 bits per heavy atom. The molecule has 0 saturated carbocycles. The highest BCUT2D eigenvalue weighted by atomic mass is 16.7. The van der Waals surface area contributed by atoms with Crippen molar-refractivity contribution in [2.45, 2.75) is 135 Å². The van der Waals surface area contributed by atoms with Crippen LogP contribution in [0.25, 0.3) is 11.1 Å². The number of amides is 2. The number of hydrogen-bond acceptors (Lipinski definition) is 14. The number of nitrogens with one attached hydrogen (secondary N) is 1. The van der Waals surface area contributed by atoms with E-state index in [1.165, 1.54) is 0 Å². The lowest BCUT2D eigenvalue weighted by molar-refractivity contribution is -0.302. The highest BCUT2D eigenvalue weighted by molar-refractivity contribution is 5.92. The molecule has 2 aromatic carbocycles. The molecule has 5 aliphatic rings. The van der Waals surface area contributed by atoms with E-state index in [0.29, 0.717) is 43.8 Å². The van der Waals surface area contributed by atoms with Gasteiger partial charge in [0.2, 0.25) is 0 Å². The zero-order chi connectivity index (χ0) is 46.8. The fourth-order valence-corrected chi connectivity index (χ4v) is 11.0. The van der Waals surface area contributed by atoms with Crippen LogP contribution in [0.15, 0.2) is 64.7 Å². The summed E-state index contributed by atoms with van der Waals surface area (Å²) in [6.07, 6.45) is -3.82. The first-order valence-corrected chi connectivity index (χ1v) is 23.2. The van der Waals surface area contributed by atoms with Gasteiger partial charge in [0.1, 0.15) is 17.9 Å². The average Bonchev–Trinajstić information content (AvgIpc) is 3.42. The molecular formula is C49H69N5O11. The lowest BCUT2D eigenvalue weighted by Gasteiger charge is -2.48.